The first-order valence-corrected chi connectivity index (χ1v) is 7.25. The van der Waals surface area contributed by atoms with Crippen molar-refractivity contribution in [2.75, 3.05) is 19.1 Å². The molecule has 0 unspecified atom stereocenters. The van der Waals surface area contributed by atoms with Gasteiger partial charge in [0.25, 0.3) is 0 Å². The lowest BCUT2D eigenvalue weighted by molar-refractivity contribution is 0.409. The average molecular weight is 310 g/mol. The van der Waals surface area contributed by atoms with Crippen molar-refractivity contribution in [1.29, 1.82) is 0 Å². The molecule has 0 fully saturated rings. The second-order valence-electron chi connectivity index (χ2n) is 4.54. The van der Waals surface area contributed by atoms with Crippen molar-refractivity contribution in [2.24, 2.45) is 0 Å². The molecular weight excluding hydrogens is 293 g/mol. The van der Waals surface area contributed by atoms with E-state index in [9.17, 15) is 0 Å². The van der Waals surface area contributed by atoms with E-state index in [4.69, 9.17) is 27.9 Å². The maximum Gasteiger partial charge on any atom is 0.123 e. The van der Waals surface area contributed by atoms with Crippen molar-refractivity contribution in [2.45, 2.75) is 12.4 Å². The normalized spacial score (nSPS) is 10.4. The van der Waals surface area contributed by atoms with E-state index in [1.165, 1.54) is 0 Å². The largest absolute Gasteiger partial charge is 0.496 e. The number of rotatable bonds is 5. The van der Waals surface area contributed by atoms with Gasteiger partial charge in [-0.3, -0.25) is 0 Å². The third kappa shape index (κ3) is 3.20. The number of hydrogen-bond acceptors (Lipinski definition) is 2. The highest BCUT2D eigenvalue weighted by molar-refractivity contribution is 6.32. The Bertz CT molecular complexity index is 586. The number of para-hydroxylation sites is 1. The van der Waals surface area contributed by atoms with Gasteiger partial charge in [-0.05, 0) is 18.2 Å². The van der Waals surface area contributed by atoms with Crippen LogP contribution in [0.25, 0.3) is 0 Å². The molecule has 0 aromatic heterocycles. The monoisotopic (exact) mass is 309 g/mol. The minimum absolute atomic E-state index is 0.394. The highest BCUT2D eigenvalue weighted by Gasteiger charge is 2.12. The second kappa shape index (κ2) is 6.87. The molecule has 0 atom stereocenters. The average Bonchev–Trinajstić information content (AvgIpc) is 2.47. The summed E-state index contributed by atoms with van der Waals surface area (Å²) in [7, 11) is 3.70. The second-order valence-corrected chi connectivity index (χ2v) is 5.21. The van der Waals surface area contributed by atoms with Gasteiger partial charge in [-0.1, -0.05) is 35.9 Å². The van der Waals surface area contributed by atoms with E-state index in [1.807, 2.05) is 43.4 Å². The summed E-state index contributed by atoms with van der Waals surface area (Å²) < 4.78 is 5.38. The molecule has 0 aliphatic rings. The molecule has 0 bridgehead atoms. The summed E-state index contributed by atoms with van der Waals surface area (Å²) >= 11 is 12.2. The topological polar surface area (TPSA) is 12.5 Å². The summed E-state index contributed by atoms with van der Waals surface area (Å²) in [5.74, 6) is 1.28. The summed E-state index contributed by atoms with van der Waals surface area (Å²) in [6, 6.07) is 13.8. The van der Waals surface area contributed by atoms with Gasteiger partial charge in [0.2, 0.25) is 0 Å². The van der Waals surface area contributed by atoms with Crippen LogP contribution in [0.3, 0.4) is 0 Å². The molecule has 0 spiro atoms. The van der Waals surface area contributed by atoms with Gasteiger partial charge < -0.3 is 9.64 Å². The van der Waals surface area contributed by atoms with Crippen LogP contribution in [0.2, 0.25) is 5.02 Å². The van der Waals surface area contributed by atoms with E-state index in [0.29, 0.717) is 10.9 Å². The Morgan fingerprint density at radius 2 is 1.85 bits per heavy atom. The van der Waals surface area contributed by atoms with E-state index in [2.05, 4.69) is 11.0 Å². The van der Waals surface area contributed by atoms with Gasteiger partial charge >= 0.3 is 0 Å². The van der Waals surface area contributed by atoms with Crippen LogP contribution in [0.15, 0.2) is 42.5 Å². The smallest absolute Gasteiger partial charge is 0.123 e. The summed E-state index contributed by atoms with van der Waals surface area (Å²) in [6.45, 7) is 0.730. The third-order valence-corrected chi connectivity index (χ3v) is 3.86. The minimum Gasteiger partial charge on any atom is -0.496 e. The number of anilines is 1. The lowest BCUT2D eigenvalue weighted by atomic mass is 10.1. The third-order valence-electron chi connectivity index (χ3n) is 3.24. The van der Waals surface area contributed by atoms with Crippen molar-refractivity contribution in [3.05, 3.63) is 58.6 Å². The number of alkyl halides is 1. The van der Waals surface area contributed by atoms with E-state index in [1.54, 1.807) is 7.11 Å². The molecule has 0 aliphatic carbocycles. The van der Waals surface area contributed by atoms with Crippen LogP contribution in [-0.4, -0.2) is 14.2 Å². The first-order valence-electron chi connectivity index (χ1n) is 6.33. The maximum atomic E-state index is 6.20. The van der Waals surface area contributed by atoms with Crippen molar-refractivity contribution in [1.82, 2.24) is 0 Å². The van der Waals surface area contributed by atoms with Gasteiger partial charge in [-0.25, -0.2) is 0 Å². The van der Waals surface area contributed by atoms with Crippen molar-refractivity contribution in [3.63, 3.8) is 0 Å². The maximum absolute atomic E-state index is 6.20. The van der Waals surface area contributed by atoms with Crippen molar-refractivity contribution >= 4 is 28.9 Å². The minimum atomic E-state index is 0.394. The van der Waals surface area contributed by atoms with Crippen molar-refractivity contribution in [3.8, 4) is 5.75 Å². The predicted octanol–water partition coefficient (Wildman–Crippen LogP) is 4.72. The molecule has 2 nitrogen and oxygen atoms in total. The fourth-order valence-corrected chi connectivity index (χ4v) is 2.80. The molecule has 0 N–H and O–H groups in total. The van der Waals surface area contributed by atoms with Crippen LogP contribution in [0, 0.1) is 0 Å². The number of benzene rings is 2. The Labute approximate surface area is 129 Å². The molecule has 106 valence electrons. The van der Waals surface area contributed by atoms with Gasteiger partial charge in [-0.2, -0.15) is 0 Å². The van der Waals surface area contributed by atoms with Crippen LogP contribution in [0.1, 0.15) is 11.1 Å². The molecular formula is C16H17Cl2NO. The number of halogens is 2. The number of methoxy groups -OCH3 is 1. The quantitative estimate of drug-likeness (QED) is 0.741. The van der Waals surface area contributed by atoms with Crippen molar-refractivity contribution < 1.29 is 4.74 Å². The highest BCUT2D eigenvalue weighted by atomic mass is 35.5. The van der Waals surface area contributed by atoms with Gasteiger partial charge in [0.1, 0.15) is 5.75 Å². The van der Waals surface area contributed by atoms with Crippen LogP contribution >= 0.6 is 23.2 Å². The number of nitrogens with zero attached hydrogens (tertiary/aromatic N) is 1. The fourth-order valence-electron chi connectivity index (χ4n) is 2.21. The Balaban J connectivity index is 2.28. The summed E-state index contributed by atoms with van der Waals surface area (Å²) in [5.41, 5.74) is 3.12. The molecule has 2 aromatic rings. The molecule has 0 saturated heterocycles. The number of hydrogen-bond donors (Lipinski definition) is 0. The van der Waals surface area contributed by atoms with Crippen LogP contribution < -0.4 is 9.64 Å². The Kier molecular flexibility index (Phi) is 5.16. The van der Waals surface area contributed by atoms with Gasteiger partial charge in [0.15, 0.2) is 0 Å². The van der Waals surface area contributed by atoms with E-state index >= 15 is 0 Å². The lowest BCUT2D eigenvalue weighted by Gasteiger charge is -2.23. The number of ether oxygens (including phenoxy) is 1. The SMILES string of the molecule is COc1ccccc1CN(C)c1cccc(Cl)c1CCl. The Morgan fingerprint density at radius 1 is 1.10 bits per heavy atom. The predicted molar refractivity (Wildman–Crippen MR) is 86.1 cm³/mol. The molecule has 2 rings (SSSR count). The zero-order valence-electron chi connectivity index (χ0n) is 11.6. The highest BCUT2D eigenvalue weighted by Crippen LogP contribution is 2.30. The molecule has 2 aromatic carbocycles. The van der Waals surface area contributed by atoms with E-state index in [-0.39, 0.29) is 0 Å². The Hall–Kier alpha value is -1.38. The standard InChI is InChI=1S/C16H17Cl2NO/c1-19(11-12-6-3-4-9-16(12)20-2)15-8-5-7-14(18)13(15)10-17/h3-9H,10-11H2,1-2H3. The van der Waals surface area contributed by atoms with Gasteiger partial charge in [0, 0.05) is 35.4 Å². The summed E-state index contributed by atoms with van der Waals surface area (Å²) in [5, 5.41) is 0.698. The zero-order chi connectivity index (χ0) is 14.5. The van der Waals surface area contributed by atoms with Crippen LogP contribution in [0.4, 0.5) is 5.69 Å². The summed E-state index contributed by atoms with van der Waals surface area (Å²) in [4.78, 5) is 2.13. The van der Waals surface area contributed by atoms with Gasteiger partial charge in [-0.15, -0.1) is 11.6 Å². The zero-order valence-corrected chi connectivity index (χ0v) is 13.1. The fraction of sp³-hybridized carbons (Fsp3) is 0.250. The molecule has 20 heavy (non-hydrogen) atoms. The van der Waals surface area contributed by atoms with Crippen LogP contribution in [-0.2, 0) is 12.4 Å². The Morgan fingerprint density at radius 3 is 2.55 bits per heavy atom. The van der Waals surface area contributed by atoms with Crippen LogP contribution in [0.5, 0.6) is 5.75 Å². The molecule has 0 aliphatic heterocycles. The molecule has 0 radical (unpaired) electrons. The van der Waals surface area contributed by atoms with E-state index < -0.39 is 0 Å². The first kappa shape index (κ1) is 15.0. The molecule has 0 saturated carbocycles. The first-order chi connectivity index (χ1) is 9.67. The van der Waals surface area contributed by atoms with E-state index in [0.717, 1.165) is 29.1 Å². The summed E-state index contributed by atoms with van der Waals surface area (Å²) in [6.07, 6.45) is 0. The van der Waals surface area contributed by atoms with Gasteiger partial charge in [0.05, 0.1) is 13.0 Å². The molecule has 0 amide bonds. The molecule has 4 heteroatoms. The lowest BCUT2D eigenvalue weighted by Crippen LogP contribution is -2.18. The molecule has 0 heterocycles.